The van der Waals surface area contributed by atoms with E-state index in [0.29, 0.717) is 0 Å². The third-order valence-corrected chi connectivity index (χ3v) is 3.72. The number of rotatable bonds is 4. The van der Waals surface area contributed by atoms with Gasteiger partial charge in [0.1, 0.15) is 12.1 Å². The van der Waals surface area contributed by atoms with Crippen molar-refractivity contribution in [1.29, 1.82) is 0 Å². The molecule has 1 atom stereocenters. The topological polar surface area (TPSA) is 55.4 Å². The summed E-state index contributed by atoms with van der Waals surface area (Å²) in [6.45, 7) is 0. The molecule has 2 rings (SSSR count). The number of carbonyl (C=O) groups is 1. The lowest BCUT2D eigenvalue weighted by molar-refractivity contribution is 0.0997. The molecule has 0 saturated heterocycles. The van der Waals surface area contributed by atoms with Crippen molar-refractivity contribution < 1.29 is 14.3 Å². The van der Waals surface area contributed by atoms with Crippen LogP contribution in [0.2, 0.25) is 0 Å². The molecule has 91 valence electrons. The zero-order chi connectivity index (χ0) is 12.1. The molecule has 0 spiro atoms. The molecule has 5 heteroatoms. The minimum atomic E-state index is -0.719. The lowest BCUT2D eigenvalue weighted by atomic mass is 10.3. The van der Waals surface area contributed by atoms with Crippen molar-refractivity contribution >= 4 is 23.7 Å². The Morgan fingerprint density at radius 3 is 2.88 bits per heavy atom. The molecule has 1 radical (unpaired) electrons. The van der Waals surface area contributed by atoms with Gasteiger partial charge in [0.2, 0.25) is 6.29 Å². The largest absolute Gasteiger partial charge is 0.446 e. The van der Waals surface area contributed by atoms with Crippen LogP contribution in [0.5, 0.6) is 0 Å². The molecular formula is C12H14NO3S. The van der Waals surface area contributed by atoms with E-state index in [1.165, 1.54) is 11.3 Å². The summed E-state index contributed by atoms with van der Waals surface area (Å²) >= 11 is 1.41. The van der Waals surface area contributed by atoms with E-state index >= 15 is 0 Å². The third-order valence-electron chi connectivity index (χ3n) is 2.78. The smallest absolute Gasteiger partial charge is 0.408 e. The Balaban J connectivity index is 1.85. The van der Waals surface area contributed by atoms with Crippen LogP contribution in [0.25, 0.3) is 0 Å². The fourth-order valence-corrected chi connectivity index (χ4v) is 2.64. The first-order valence-corrected chi connectivity index (χ1v) is 6.56. The van der Waals surface area contributed by atoms with Crippen molar-refractivity contribution in [2.45, 2.75) is 37.8 Å². The van der Waals surface area contributed by atoms with Gasteiger partial charge >= 0.3 is 6.09 Å². The first-order valence-electron chi connectivity index (χ1n) is 5.68. The molecule has 0 bridgehead atoms. The van der Waals surface area contributed by atoms with Gasteiger partial charge in [-0.2, -0.15) is 0 Å². The summed E-state index contributed by atoms with van der Waals surface area (Å²) < 4.78 is 5.22. The molecular weight excluding hydrogens is 238 g/mol. The lowest BCUT2D eigenvalue weighted by Gasteiger charge is -2.14. The second-order valence-corrected chi connectivity index (χ2v) is 5.00. The van der Waals surface area contributed by atoms with Gasteiger partial charge in [-0.3, -0.25) is 4.79 Å². The number of nitrogens with one attached hydrogen (secondary N) is 1. The predicted molar refractivity (Wildman–Crippen MR) is 64.6 cm³/mol. The SMILES string of the molecule is O=[C]C(NC(=O)OC1CCCC1)c1cccs1. The van der Waals surface area contributed by atoms with Crippen molar-refractivity contribution in [2.24, 2.45) is 0 Å². The van der Waals surface area contributed by atoms with Gasteiger partial charge in [0.25, 0.3) is 0 Å². The summed E-state index contributed by atoms with van der Waals surface area (Å²) in [5.41, 5.74) is 0. The van der Waals surface area contributed by atoms with Gasteiger partial charge in [-0.05, 0) is 37.1 Å². The molecule has 4 nitrogen and oxygen atoms in total. The number of amides is 1. The van der Waals surface area contributed by atoms with Crippen molar-refractivity contribution in [3.05, 3.63) is 22.4 Å². The second kappa shape index (κ2) is 5.82. The molecule has 1 aromatic heterocycles. The Morgan fingerprint density at radius 2 is 2.29 bits per heavy atom. The Bertz CT molecular complexity index is 371. The van der Waals surface area contributed by atoms with Crippen LogP contribution in [-0.4, -0.2) is 18.5 Å². The maximum atomic E-state index is 11.6. The molecule has 1 unspecified atom stereocenters. The summed E-state index contributed by atoms with van der Waals surface area (Å²) in [5.74, 6) is 0. The normalized spacial score (nSPS) is 17.6. The van der Waals surface area contributed by atoms with E-state index in [1.54, 1.807) is 6.07 Å². The van der Waals surface area contributed by atoms with E-state index in [0.717, 1.165) is 30.6 Å². The van der Waals surface area contributed by atoms with Crippen LogP contribution in [-0.2, 0) is 9.53 Å². The molecule has 1 aliphatic carbocycles. The Hall–Kier alpha value is -1.36. The summed E-state index contributed by atoms with van der Waals surface area (Å²) in [4.78, 5) is 23.1. The lowest BCUT2D eigenvalue weighted by Crippen LogP contribution is -2.31. The van der Waals surface area contributed by atoms with Crippen LogP contribution in [0.1, 0.15) is 36.6 Å². The maximum Gasteiger partial charge on any atom is 0.408 e. The summed E-state index contributed by atoms with van der Waals surface area (Å²) in [7, 11) is 0. The number of carbonyl (C=O) groups excluding carboxylic acids is 2. The van der Waals surface area contributed by atoms with Crippen LogP contribution in [0.3, 0.4) is 0 Å². The highest BCUT2D eigenvalue weighted by Gasteiger charge is 2.22. The highest BCUT2D eigenvalue weighted by Crippen LogP contribution is 2.22. The van der Waals surface area contributed by atoms with Gasteiger partial charge in [0, 0.05) is 4.88 Å². The maximum absolute atomic E-state index is 11.6. The standard InChI is InChI=1S/C12H14NO3S/c14-8-10(11-6-3-7-17-11)13-12(15)16-9-4-1-2-5-9/h3,6-7,9-10H,1-2,4-5H2,(H,13,15). The fraction of sp³-hybridized carbons (Fsp3) is 0.500. The molecule has 17 heavy (non-hydrogen) atoms. The molecule has 1 aromatic rings. The minimum absolute atomic E-state index is 0.00522. The Morgan fingerprint density at radius 1 is 1.53 bits per heavy atom. The zero-order valence-electron chi connectivity index (χ0n) is 9.35. The van der Waals surface area contributed by atoms with Crippen LogP contribution in [0.15, 0.2) is 17.5 Å². The Kier molecular flexibility index (Phi) is 4.14. The van der Waals surface area contributed by atoms with Gasteiger partial charge in [-0.1, -0.05) is 6.07 Å². The number of hydrogen-bond acceptors (Lipinski definition) is 4. The molecule has 1 fully saturated rings. The fourth-order valence-electron chi connectivity index (χ4n) is 1.92. The van der Waals surface area contributed by atoms with Gasteiger partial charge in [-0.15, -0.1) is 11.3 Å². The van der Waals surface area contributed by atoms with Gasteiger partial charge in [-0.25, -0.2) is 4.79 Å². The highest BCUT2D eigenvalue weighted by molar-refractivity contribution is 7.10. The monoisotopic (exact) mass is 252 g/mol. The van der Waals surface area contributed by atoms with E-state index in [9.17, 15) is 9.59 Å². The van der Waals surface area contributed by atoms with Gasteiger partial charge in [0.15, 0.2) is 0 Å². The molecule has 0 aromatic carbocycles. The number of alkyl carbamates (subject to hydrolysis) is 1. The number of ether oxygens (including phenoxy) is 1. The summed E-state index contributed by atoms with van der Waals surface area (Å²) in [5, 5.41) is 4.37. The van der Waals surface area contributed by atoms with Crippen molar-refractivity contribution in [2.75, 3.05) is 0 Å². The first kappa shape index (κ1) is 12.1. The van der Waals surface area contributed by atoms with Crippen molar-refractivity contribution in [3.8, 4) is 0 Å². The van der Waals surface area contributed by atoms with Crippen molar-refractivity contribution in [1.82, 2.24) is 5.32 Å². The van der Waals surface area contributed by atoms with E-state index in [4.69, 9.17) is 4.74 Å². The van der Waals surface area contributed by atoms with Gasteiger partial charge < -0.3 is 10.1 Å². The van der Waals surface area contributed by atoms with Crippen LogP contribution < -0.4 is 5.32 Å². The molecule has 1 aliphatic rings. The Labute approximate surface area is 104 Å². The number of hydrogen-bond donors (Lipinski definition) is 1. The summed E-state index contributed by atoms with van der Waals surface area (Å²) in [6, 6.07) is 2.90. The summed E-state index contributed by atoms with van der Waals surface area (Å²) in [6.07, 6.45) is 5.33. The molecule has 1 saturated carbocycles. The van der Waals surface area contributed by atoms with Crippen LogP contribution >= 0.6 is 11.3 Å². The van der Waals surface area contributed by atoms with Crippen molar-refractivity contribution in [3.63, 3.8) is 0 Å². The first-order chi connectivity index (χ1) is 8.29. The van der Waals surface area contributed by atoms with E-state index in [2.05, 4.69) is 5.32 Å². The van der Waals surface area contributed by atoms with E-state index in [-0.39, 0.29) is 6.10 Å². The quantitative estimate of drug-likeness (QED) is 0.896. The second-order valence-electron chi connectivity index (χ2n) is 4.02. The molecule has 0 aliphatic heterocycles. The van der Waals surface area contributed by atoms with Crippen LogP contribution in [0, 0.1) is 0 Å². The molecule has 1 heterocycles. The van der Waals surface area contributed by atoms with Gasteiger partial charge in [0.05, 0.1) is 0 Å². The average Bonchev–Trinajstić information content (AvgIpc) is 2.97. The predicted octanol–water partition coefficient (Wildman–Crippen LogP) is 2.57. The minimum Gasteiger partial charge on any atom is -0.446 e. The van der Waals surface area contributed by atoms with E-state index < -0.39 is 12.1 Å². The zero-order valence-corrected chi connectivity index (χ0v) is 10.2. The molecule has 1 amide bonds. The van der Waals surface area contributed by atoms with E-state index in [1.807, 2.05) is 17.7 Å². The average molecular weight is 252 g/mol. The molecule has 1 N–H and O–H groups in total. The third kappa shape index (κ3) is 3.30. The number of thiophene rings is 1. The van der Waals surface area contributed by atoms with Crippen LogP contribution in [0.4, 0.5) is 4.79 Å². The highest BCUT2D eigenvalue weighted by atomic mass is 32.1.